The summed E-state index contributed by atoms with van der Waals surface area (Å²) in [7, 11) is 2.14. The largest absolute Gasteiger partial charge is 0.487 e. The first-order valence-corrected chi connectivity index (χ1v) is 14.0. The van der Waals surface area contributed by atoms with Crippen molar-refractivity contribution in [2.75, 3.05) is 23.8 Å². The molecule has 214 valence electrons. The molecule has 1 saturated carbocycles. The number of fused-ring (bicyclic) bond motifs is 1. The summed E-state index contributed by atoms with van der Waals surface area (Å²) in [5, 5.41) is 9.76. The van der Waals surface area contributed by atoms with Crippen LogP contribution in [0.5, 0.6) is 5.75 Å². The highest BCUT2D eigenvalue weighted by molar-refractivity contribution is 6.31. The molecule has 1 aliphatic heterocycles. The molecule has 8 heteroatoms. The second kappa shape index (κ2) is 15.3. The van der Waals surface area contributed by atoms with Gasteiger partial charge >= 0.3 is 0 Å². The van der Waals surface area contributed by atoms with Crippen LogP contribution in [-0.4, -0.2) is 37.2 Å². The number of carboxylic acid groups (broad SMARTS) is 1. The predicted octanol–water partition coefficient (Wildman–Crippen LogP) is 8.15. The molecule has 0 bridgehead atoms. The van der Waals surface area contributed by atoms with E-state index in [1.807, 2.05) is 0 Å². The number of likely N-dealkylation sites (N-methyl/N-ethyl adjacent to an activating group) is 1. The number of nitrogens with one attached hydrogen (secondary N) is 1. The molecule has 1 unspecified atom stereocenters. The number of benzene rings is 3. The lowest BCUT2D eigenvalue weighted by molar-refractivity contribution is -0.134. The first-order chi connectivity index (χ1) is 19.2. The zero-order chi connectivity index (χ0) is 29.1. The van der Waals surface area contributed by atoms with Crippen molar-refractivity contribution in [2.45, 2.75) is 64.4 Å². The van der Waals surface area contributed by atoms with E-state index >= 15 is 0 Å². The third-order valence-electron chi connectivity index (χ3n) is 6.95. The first kappa shape index (κ1) is 31.0. The van der Waals surface area contributed by atoms with Crippen molar-refractivity contribution >= 4 is 35.4 Å². The van der Waals surface area contributed by atoms with E-state index in [0.29, 0.717) is 12.1 Å². The highest BCUT2D eigenvalue weighted by Gasteiger charge is 2.21. The summed E-state index contributed by atoms with van der Waals surface area (Å²) in [6.07, 6.45) is 9.06. The van der Waals surface area contributed by atoms with Gasteiger partial charge in [-0.25, -0.2) is 4.39 Å². The number of hydrogen-bond donors (Lipinski definition) is 2. The third kappa shape index (κ3) is 9.26. The van der Waals surface area contributed by atoms with Crippen LogP contribution in [0.1, 0.15) is 63.9 Å². The molecule has 1 atom stereocenters. The van der Waals surface area contributed by atoms with Crippen molar-refractivity contribution in [1.29, 1.82) is 0 Å². The van der Waals surface area contributed by atoms with E-state index in [9.17, 15) is 9.18 Å². The number of carboxylic acids is 1. The van der Waals surface area contributed by atoms with Gasteiger partial charge in [0, 0.05) is 19.7 Å². The molecule has 0 spiro atoms. The van der Waals surface area contributed by atoms with Gasteiger partial charge in [-0.05, 0) is 72.7 Å². The van der Waals surface area contributed by atoms with Crippen LogP contribution >= 0.6 is 11.6 Å². The zero-order valence-corrected chi connectivity index (χ0v) is 24.1. The fraction of sp³-hybridized carbons (Fsp3) is 0.375. The van der Waals surface area contributed by atoms with Crippen molar-refractivity contribution in [3.8, 4) is 16.9 Å². The third-order valence-corrected chi connectivity index (χ3v) is 7.24. The molecular formula is C32H38ClFN2O4. The maximum Gasteiger partial charge on any atom is 0.300 e. The standard InChI is InChI=1S/C23H29NO.C7H5ClFNO.C2H4O2/c1-17-16-24(2)22-14-13-21(15-23(22)25-17)20-11-9-19(10-12-20)18-7-5-3-4-6-8-18;8-6-3-5(10-4-11)1-2-7(6)9;1-2(3)4/h9-15,17-18H,3-8,16H2,1-2H3;1-4H,(H,10,11);1H3,(H,3,4). The summed E-state index contributed by atoms with van der Waals surface area (Å²) in [6, 6.07) is 19.8. The summed E-state index contributed by atoms with van der Waals surface area (Å²) < 4.78 is 18.5. The van der Waals surface area contributed by atoms with Crippen molar-refractivity contribution in [3.63, 3.8) is 0 Å². The number of amides is 1. The van der Waals surface area contributed by atoms with Gasteiger partial charge in [0.05, 0.1) is 17.3 Å². The van der Waals surface area contributed by atoms with Crippen LogP contribution in [0.2, 0.25) is 5.02 Å². The Morgan fingerprint density at radius 1 is 1.02 bits per heavy atom. The average Bonchev–Trinajstić information content (AvgIpc) is 3.21. The smallest absolute Gasteiger partial charge is 0.300 e. The number of anilines is 2. The first-order valence-electron chi connectivity index (χ1n) is 13.6. The lowest BCUT2D eigenvalue weighted by Gasteiger charge is -2.32. The molecule has 1 aliphatic carbocycles. The maximum absolute atomic E-state index is 12.5. The predicted molar refractivity (Wildman–Crippen MR) is 160 cm³/mol. The van der Waals surface area contributed by atoms with Crippen LogP contribution in [0.3, 0.4) is 0 Å². The second-order valence-electron chi connectivity index (χ2n) is 10.2. The van der Waals surface area contributed by atoms with Crippen molar-refractivity contribution in [2.24, 2.45) is 0 Å². The Balaban J connectivity index is 0.000000245. The van der Waals surface area contributed by atoms with Gasteiger partial charge in [-0.3, -0.25) is 9.59 Å². The minimum Gasteiger partial charge on any atom is -0.487 e. The second-order valence-corrected chi connectivity index (χ2v) is 10.6. The molecule has 3 aromatic rings. The van der Waals surface area contributed by atoms with E-state index in [4.69, 9.17) is 26.2 Å². The minimum atomic E-state index is -0.833. The summed E-state index contributed by atoms with van der Waals surface area (Å²) in [5.74, 6) is 0.438. The van der Waals surface area contributed by atoms with E-state index in [1.165, 1.54) is 79.1 Å². The average molecular weight is 569 g/mol. The summed E-state index contributed by atoms with van der Waals surface area (Å²) >= 11 is 5.42. The number of carbonyl (C=O) groups excluding carboxylic acids is 1. The molecule has 1 heterocycles. The number of nitrogens with zero attached hydrogens (tertiary/aromatic N) is 1. The van der Waals surface area contributed by atoms with Gasteiger partial charge in [-0.1, -0.05) is 67.6 Å². The Labute approximate surface area is 241 Å². The summed E-state index contributed by atoms with van der Waals surface area (Å²) in [6.45, 7) is 4.16. The lowest BCUT2D eigenvalue weighted by atomic mass is 9.90. The maximum atomic E-state index is 12.5. The Kier molecular flexibility index (Phi) is 11.8. The molecule has 0 saturated heterocycles. The molecule has 0 radical (unpaired) electrons. The number of halogens is 2. The summed E-state index contributed by atoms with van der Waals surface area (Å²) in [5.41, 5.74) is 5.72. The van der Waals surface area contributed by atoms with E-state index in [1.54, 1.807) is 0 Å². The van der Waals surface area contributed by atoms with Crippen LogP contribution in [0, 0.1) is 5.82 Å². The van der Waals surface area contributed by atoms with E-state index in [-0.39, 0.29) is 11.1 Å². The van der Waals surface area contributed by atoms with Gasteiger partial charge in [-0.2, -0.15) is 0 Å². The fourth-order valence-electron chi connectivity index (χ4n) is 5.06. The normalized spacial score (nSPS) is 16.5. The molecule has 3 aromatic carbocycles. The van der Waals surface area contributed by atoms with Crippen LogP contribution in [0.15, 0.2) is 60.7 Å². The molecule has 6 nitrogen and oxygen atoms in total. The Bertz CT molecular complexity index is 1260. The highest BCUT2D eigenvalue weighted by atomic mass is 35.5. The number of carbonyl (C=O) groups is 2. The van der Waals surface area contributed by atoms with Gasteiger partial charge in [0.15, 0.2) is 0 Å². The number of ether oxygens (including phenoxy) is 1. The van der Waals surface area contributed by atoms with E-state index in [2.05, 4.69) is 66.7 Å². The van der Waals surface area contributed by atoms with E-state index in [0.717, 1.165) is 25.1 Å². The Hall–Kier alpha value is -3.58. The van der Waals surface area contributed by atoms with E-state index < -0.39 is 11.8 Å². The number of hydrogen-bond acceptors (Lipinski definition) is 4. The molecule has 1 amide bonds. The van der Waals surface area contributed by atoms with Gasteiger partial charge < -0.3 is 20.1 Å². The molecule has 5 rings (SSSR count). The molecule has 2 aliphatic rings. The van der Waals surface area contributed by atoms with Crippen molar-refractivity contribution in [3.05, 3.63) is 77.1 Å². The molecule has 2 N–H and O–H groups in total. The topological polar surface area (TPSA) is 78.9 Å². The van der Waals surface area contributed by atoms with Gasteiger partial charge in [0.2, 0.25) is 6.41 Å². The van der Waals surface area contributed by atoms with Crippen molar-refractivity contribution < 1.29 is 23.8 Å². The monoisotopic (exact) mass is 568 g/mol. The van der Waals surface area contributed by atoms with Crippen LogP contribution in [-0.2, 0) is 9.59 Å². The zero-order valence-electron chi connectivity index (χ0n) is 23.3. The highest BCUT2D eigenvalue weighted by Crippen LogP contribution is 2.37. The van der Waals surface area contributed by atoms with Crippen molar-refractivity contribution in [1.82, 2.24) is 0 Å². The Morgan fingerprint density at radius 3 is 2.25 bits per heavy atom. The van der Waals surface area contributed by atoms with Crippen LogP contribution in [0.4, 0.5) is 15.8 Å². The minimum absolute atomic E-state index is 0.00292. The van der Waals surface area contributed by atoms with Crippen LogP contribution < -0.4 is 15.0 Å². The number of rotatable bonds is 4. The molecular weight excluding hydrogens is 531 g/mol. The lowest BCUT2D eigenvalue weighted by Crippen LogP contribution is -2.35. The fourth-order valence-corrected chi connectivity index (χ4v) is 5.24. The van der Waals surface area contributed by atoms with Gasteiger partial charge in [-0.15, -0.1) is 0 Å². The molecule has 40 heavy (non-hydrogen) atoms. The van der Waals surface area contributed by atoms with Gasteiger partial charge in [0.25, 0.3) is 5.97 Å². The van der Waals surface area contributed by atoms with Gasteiger partial charge in [0.1, 0.15) is 17.7 Å². The molecule has 1 fully saturated rings. The summed E-state index contributed by atoms with van der Waals surface area (Å²) in [4.78, 5) is 21.2. The SMILES string of the molecule is CC(=O)O.CC1CN(C)c2ccc(-c3ccc(C4CCCCCC4)cc3)cc2O1.O=CNc1ccc(F)c(Cl)c1. The quantitative estimate of drug-likeness (QED) is 0.245. The number of aliphatic carboxylic acids is 1. The molecule has 0 aromatic heterocycles. The Morgan fingerprint density at radius 2 is 1.65 bits per heavy atom. The van der Waals surface area contributed by atoms with Crippen LogP contribution in [0.25, 0.3) is 11.1 Å².